The van der Waals surface area contributed by atoms with Crippen molar-refractivity contribution in [2.24, 2.45) is 0 Å². The van der Waals surface area contributed by atoms with Crippen LogP contribution >= 0.6 is 0 Å². The fourth-order valence-corrected chi connectivity index (χ4v) is 2.72. The summed E-state index contributed by atoms with van der Waals surface area (Å²) in [7, 11) is 4.51. The lowest BCUT2D eigenvalue weighted by molar-refractivity contribution is -0.385. The highest BCUT2D eigenvalue weighted by Crippen LogP contribution is 2.38. The van der Waals surface area contributed by atoms with E-state index in [0.29, 0.717) is 47.1 Å². The molecule has 0 amide bonds. The molecule has 3 rings (SSSR count). The van der Waals surface area contributed by atoms with Crippen LogP contribution in [-0.4, -0.2) is 44.5 Å². The molecule has 0 radical (unpaired) electrons. The number of rotatable bonds is 9. The van der Waals surface area contributed by atoms with Gasteiger partial charge in [0.15, 0.2) is 11.5 Å². The molecule has 0 saturated heterocycles. The van der Waals surface area contributed by atoms with Crippen LogP contribution in [0.25, 0.3) is 10.9 Å². The summed E-state index contributed by atoms with van der Waals surface area (Å²) in [6.45, 7) is 0.816. The fourth-order valence-electron chi connectivity index (χ4n) is 2.72. The van der Waals surface area contributed by atoms with Crippen molar-refractivity contribution in [1.29, 1.82) is 0 Å². The Morgan fingerprint density at radius 1 is 0.931 bits per heavy atom. The number of fused-ring (bicyclic) bond motifs is 1. The topological polar surface area (TPSA) is 102 Å². The smallest absolute Gasteiger partial charge is 0.311 e. The normalized spacial score (nSPS) is 10.6. The van der Waals surface area contributed by atoms with E-state index < -0.39 is 4.92 Å². The van der Waals surface area contributed by atoms with Crippen molar-refractivity contribution in [3.63, 3.8) is 0 Å². The molecule has 0 fully saturated rings. The largest absolute Gasteiger partial charge is 0.493 e. The highest BCUT2D eigenvalue weighted by atomic mass is 16.6. The van der Waals surface area contributed by atoms with E-state index in [0.717, 1.165) is 0 Å². The first kappa shape index (κ1) is 20.2. The van der Waals surface area contributed by atoms with Crippen LogP contribution in [0, 0.1) is 10.1 Å². The number of aromatic nitrogens is 1. The third kappa shape index (κ3) is 4.46. The molecule has 0 atom stereocenters. The van der Waals surface area contributed by atoms with Gasteiger partial charge in [0.2, 0.25) is 5.75 Å². The third-order valence-electron chi connectivity index (χ3n) is 4.11. The van der Waals surface area contributed by atoms with Crippen LogP contribution in [0.5, 0.6) is 28.7 Å². The van der Waals surface area contributed by atoms with E-state index >= 15 is 0 Å². The molecule has 0 saturated carbocycles. The monoisotopic (exact) mass is 400 g/mol. The SMILES string of the molecule is COCCOc1cc2nccc(Oc3ccc([N+](=O)[O-])c(OC)c3)c2cc1OC. The minimum atomic E-state index is -0.513. The highest BCUT2D eigenvalue weighted by molar-refractivity contribution is 5.88. The van der Waals surface area contributed by atoms with Crippen LogP contribution in [-0.2, 0) is 4.74 Å². The number of benzene rings is 2. The van der Waals surface area contributed by atoms with Gasteiger partial charge in [-0.15, -0.1) is 0 Å². The quantitative estimate of drug-likeness (QED) is 0.302. The number of hydrogen-bond acceptors (Lipinski definition) is 8. The second kappa shape index (κ2) is 9.07. The molecule has 2 aromatic carbocycles. The van der Waals surface area contributed by atoms with Crippen molar-refractivity contribution in [2.45, 2.75) is 0 Å². The van der Waals surface area contributed by atoms with E-state index in [-0.39, 0.29) is 11.4 Å². The Morgan fingerprint density at radius 2 is 1.72 bits per heavy atom. The van der Waals surface area contributed by atoms with Gasteiger partial charge in [-0.3, -0.25) is 15.1 Å². The number of ether oxygens (including phenoxy) is 5. The van der Waals surface area contributed by atoms with Gasteiger partial charge in [0, 0.05) is 36.9 Å². The highest BCUT2D eigenvalue weighted by Gasteiger charge is 2.17. The number of methoxy groups -OCH3 is 3. The molecular formula is C20H20N2O7. The second-order valence-electron chi connectivity index (χ2n) is 5.86. The Labute approximate surface area is 166 Å². The van der Waals surface area contributed by atoms with Gasteiger partial charge in [-0.1, -0.05) is 0 Å². The van der Waals surface area contributed by atoms with E-state index in [1.807, 2.05) is 0 Å². The van der Waals surface area contributed by atoms with Crippen LogP contribution in [0.1, 0.15) is 0 Å². The molecule has 0 unspecified atom stereocenters. The number of nitrogens with zero attached hydrogens (tertiary/aromatic N) is 2. The lowest BCUT2D eigenvalue weighted by Gasteiger charge is -2.14. The van der Waals surface area contributed by atoms with Gasteiger partial charge in [0.1, 0.15) is 18.1 Å². The molecule has 9 nitrogen and oxygen atoms in total. The Kier molecular flexibility index (Phi) is 6.30. The Morgan fingerprint density at radius 3 is 2.41 bits per heavy atom. The van der Waals surface area contributed by atoms with Crippen LogP contribution < -0.4 is 18.9 Å². The Hall–Kier alpha value is -3.59. The zero-order chi connectivity index (χ0) is 20.8. The zero-order valence-electron chi connectivity index (χ0n) is 16.2. The summed E-state index contributed by atoms with van der Waals surface area (Å²) in [6.07, 6.45) is 1.60. The van der Waals surface area contributed by atoms with Crippen molar-refractivity contribution in [3.05, 3.63) is 52.7 Å². The number of nitro benzene ring substituents is 1. The first-order valence-electron chi connectivity index (χ1n) is 8.66. The molecule has 0 aliphatic rings. The van der Waals surface area contributed by atoms with E-state index in [1.54, 1.807) is 38.6 Å². The van der Waals surface area contributed by atoms with E-state index in [4.69, 9.17) is 23.7 Å². The van der Waals surface area contributed by atoms with Crippen molar-refractivity contribution in [2.75, 3.05) is 34.5 Å². The molecule has 0 spiro atoms. The summed E-state index contributed by atoms with van der Waals surface area (Å²) in [5, 5.41) is 11.8. The maximum absolute atomic E-state index is 11.1. The molecule has 1 heterocycles. The first-order valence-corrected chi connectivity index (χ1v) is 8.66. The van der Waals surface area contributed by atoms with Gasteiger partial charge in [0.25, 0.3) is 0 Å². The summed E-state index contributed by atoms with van der Waals surface area (Å²) in [5.74, 6) is 2.07. The fraction of sp³-hybridized carbons (Fsp3) is 0.250. The summed E-state index contributed by atoms with van der Waals surface area (Å²) in [4.78, 5) is 14.9. The Balaban J connectivity index is 1.97. The van der Waals surface area contributed by atoms with E-state index in [1.165, 1.54) is 25.3 Å². The van der Waals surface area contributed by atoms with Crippen molar-refractivity contribution in [3.8, 4) is 28.7 Å². The van der Waals surface area contributed by atoms with Crippen LogP contribution in [0.4, 0.5) is 5.69 Å². The molecule has 0 aliphatic carbocycles. The second-order valence-corrected chi connectivity index (χ2v) is 5.86. The molecule has 0 aliphatic heterocycles. The van der Waals surface area contributed by atoms with Gasteiger partial charge in [-0.05, 0) is 18.2 Å². The maximum atomic E-state index is 11.1. The van der Waals surface area contributed by atoms with Crippen molar-refractivity contribution < 1.29 is 28.6 Å². The maximum Gasteiger partial charge on any atom is 0.311 e. The lowest BCUT2D eigenvalue weighted by Crippen LogP contribution is -2.05. The number of hydrogen-bond donors (Lipinski definition) is 0. The van der Waals surface area contributed by atoms with Gasteiger partial charge in [-0.2, -0.15) is 0 Å². The zero-order valence-corrected chi connectivity index (χ0v) is 16.2. The molecular weight excluding hydrogens is 380 g/mol. The number of pyridine rings is 1. The summed E-state index contributed by atoms with van der Waals surface area (Å²) in [5.41, 5.74) is 0.503. The minimum absolute atomic E-state index is 0.109. The Bertz CT molecular complexity index is 1020. The molecule has 3 aromatic rings. The average Bonchev–Trinajstić information content (AvgIpc) is 2.73. The summed E-state index contributed by atoms with van der Waals surface area (Å²) >= 11 is 0. The van der Waals surface area contributed by atoms with Gasteiger partial charge in [0.05, 0.1) is 31.3 Å². The summed E-state index contributed by atoms with van der Waals surface area (Å²) < 4.78 is 27.1. The van der Waals surface area contributed by atoms with Gasteiger partial charge >= 0.3 is 5.69 Å². The van der Waals surface area contributed by atoms with E-state index in [9.17, 15) is 10.1 Å². The van der Waals surface area contributed by atoms with Gasteiger partial charge in [-0.25, -0.2) is 0 Å². The predicted molar refractivity (Wildman–Crippen MR) is 105 cm³/mol. The van der Waals surface area contributed by atoms with Gasteiger partial charge < -0.3 is 23.7 Å². The first-order chi connectivity index (χ1) is 14.1. The average molecular weight is 400 g/mol. The lowest BCUT2D eigenvalue weighted by atomic mass is 10.1. The molecule has 152 valence electrons. The molecule has 1 aromatic heterocycles. The van der Waals surface area contributed by atoms with E-state index in [2.05, 4.69) is 4.98 Å². The number of nitro groups is 1. The van der Waals surface area contributed by atoms with Crippen molar-refractivity contribution >= 4 is 16.6 Å². The van der Waals surface area contributed by atoms with Crippen LogP contribution in [0.3, 0.4) is 0 Å². The predicted octanol–water partition coefficient (Wildman–Crippen LogP) is 3.98. The van der Waals surface area contributed by atoms with Crippen LogP contribution in [0.2, 0.25) is 0 Å². The third-order valence-corrected chi connectivity index (χ3v) is 4.11. The standard InChI is InChI=1S/C20H20N2O7/c1-25-8-9-28-20-12-15-14(11-19(20)27-3)17(6-7-21-15)29-13-4-5-16(22(23)24)18(10-13)26-2/h4-7,10-12H,8-9H2,1-3H3. The molecule has 29 heavy (non-hydrogen) atoms. The van der Waals surface area contributed by atoms with Crippen LogP contribution in [0.15, 0.2) is 42.6 Å². The minimum Gasteiger partial charge on any atom is -0.493 e. The molecule has 0 bridgehead atoms. The van der Waals surface area contributed by atoms with Crippen molar-refractivity contribution in [1.82, 2.24) is 4.98 Å². The summed E-state index contributed by atoms with van der Waals surface area (Å²) in [6, 6.07) is 9.52. The molecule has 0 N–H and O–H groups in total. The molecule has 9 heteroatoms.